The molecule has 0 aromatic carbocycles. The number of rotatable bonds is 0. The summed E-state index contributed by atoms with van der Waals surface area (Å²) in [6.45, 7) is 6.56. The van der Waals surface area contributed by atoms with Gasteiger partial charge in [0.15, 0.2) is 0 Å². The Morgan fingerprint density at radius 3 is 1.83 bits per heavy atom. The van der Waals surface area contributed by atoms with E-state index in [1.165, 1.54) is 51.6 Å². The van der Waals surface area contributed by atoms with Gasteiger partial charge in [-0.1, -0.05) is 26.7 Å². The predicted molar refractivity (Wildman–Crippen MR) is 54.4 cm³/mol. The second-order valence-corrected chi connectivity index (χ2v) is 3.96. The molecule has 0 bridgehead atoms. The zero-order valence-electron chi connectivity index (χ0n) is 8.66. The van der Waals surface area contributed by atoms with Gasteiger partial charge in [0.25, 0.3) is 0 Å². The van der Waals surface area contributed by atoms with E-state index in [0.717, 1.165) is 5.41 Å². The smallest absolute Gasteiger partial charge is 0.00436 e. The van der Waals surface area contributed by atoms with E-state index in [4.69, 9.17) is 0 Å². The van der Waals surface area contributed by atoms with E-state index in [9.17, 15) is 0 Å². The fourth-order valence-corrected chi connectivity index (χ4v) is 2.58. The molecule has 1 heteroatoms. The van der Waals surface area contributed by atoms with Crippen LogP contribution in [0.15, 0.2) is 0 Å². The summed E-state index contributed by atoms with van der Waals surface area (Å²) in [6.07, 6.45) is 8.95. The average Bonchev–Trinajstić information content (AvgIpc) is 2.58. The molecule has 1 saturated heterocycles. The Morgan fingerprint density at radius 1 is 0.833 bits per heavy atom. The van der Waals surface area contributed by atoms with Crippen LogP contribution in [0.5, 0.6) is 0 Å². The highest BCUT2D eigenvalue weighted by Gasteiger charge is 2.34. The summed E-state index contributed by atoms with van der Waals surface area (Å²) in [7, 11) is 0. The number of nitrogens with one attached hydrogen (secondary N) is 1. The Bertz CT molecular complexity index is 106. The molecule has 0 unspecified atom stereocenters. The van der Waals surface area contributed by atoms with E-state index in [1.54, 1.807) is 0 Å². The van der Waals surface area contributed by atoms with Crippen molar-refractivity contribution >= 4 is 0 Å². The normalized spacial score (nSPS) is 26.5. The molecule has 2 rings (SSSR count). The molecular formula is C11H23N. The number of piperidine rings is 1. The molecule has 72 valence electrons. The summed E-state index contributed by atoms with van der Waals surface area (Å²) in [4.78, 5) is 0. The predicted octanol–water partition coefficient (Wildman–Crippen LogP) is 2.96. The molecule has 1 nitrogen and oxygen atoms in total. The Hall–Kier alpha value is -0.0400. The van der Waals surface area contributed by atoms with E-state index in [0.29, 0.717) is 0 Å². The maximum Gasteiger partial charge on any atom is -0.00436 e. The summed E-state index contributed by atoms with van der Waals surface area (Å²) in [6, 6.07) is 0. The molecule has 0 radical (unpaired) electrons. The first kappa shape index (κ1) is 10.0. The van der Waals surface area contributed by atoms with Crippen molar-refractivity contribution in [1.82, 2.24) is 5.32 Å². The van der Waals surface area contributed by atoms with Gasteiger partial charge in [0.05, 0.1) is 0 Å². The highest BCUT2D eigenvalue weighted by atomic mass is 14.9. The third kappa shape index (κ3) is 2.22. The van der Waals surface area contributed by atoms with Gasteiger partial charge in [-0.3, -0.25) is 0 Å². The molecule has 1 N–H and O–H groups in total. The first-order valence-electron chi connectivity index (χ1n) is 5.62. The van der Waals surface area contributed by atoms with Crippen LogP contribution < -0.4 is 5.32 Å². The molecule has 2 fully saturated rings. The van der Waals surface area contributed by atoms with Gasteiger partial charge < -0.3 is 5.32 Å². The van der Waals surface area contributed by atoms with Crippen LogP contribution in [0.4, 0.5) is 0 Å². The van der Waals surface area contributed by atoms with Gasteiger partial charge in [0.2, 0.25) is 0 Å². The van der Waals surface area contributed by atoms with Crippen LogP contribution in [0.25, 0.3) is 0 Å². The van der Waals surface area contributed by atoms with Gasteiger partial charge in [0, 0.05) is 0 Å². The van der Waals surface area contributed by atoms with Crippen molar-refractivity contribution in [2.75, 3.05) is 13.1 Å². The first-order valence-corrected chi connectivity index (χ1v) is 5.62. The highest BCUT2D eigenvalue weighted by Crippen LogP contribution is 2.44. The molecule has 0 atom stereocenters. The van der Waals surface area contributed by atoms with Crippen molar-refractivity contribution in [3.8, 4) is 0 Å². The van der Waals surface area contributed by atoms with E-state index in [1.807, 2.05) is 13.8 Å². The largest absolute Gasteiger partial charge is 0.317 e. The van der Waals surface area contributed by atoms with Crippen LogP contribution in [-0.4, -0.2) is 13.1 Å². The van der Waals surface area contributed by atoms with Crippen LogP contribution in [0, 0.1) is 5.41 Å². The van der Waals surface area contributed by atoms with Crippen LogP contribution in [0.3, 0.4) is 0 Å². The first-order chi connectivity index (χ1) is 5.91. The monoisotopic (exact) mass is 169 g/mol. The summed E-state index contributed by atoms with van der Waals surface area (Å²) < 4.78 is 0. The number of hydrogen-bond donors (Lipinski definition) is 1. The summed E-state index contributed by atoms with van der Waals surface area (Å²) in [5, 5.41) is 3.44. The number of hydrogen-bond acceptors (Lipinski definition) is 1. The fourth-order valence-electron chi connectivity index (χ4n) is 2.58. The van der Waals surface area contributed by atoms with Crippen molar-refractivity contribution < 1.29 is 0 Å². The van der Waals surface area contributed by atoms with Gasteiger partial charge in [-0.2, -0.15) is 0 Å². The zero-order valence-corrected chi connectivity index (χ0v) is 8.66. The quantitative estimate of drug-likeness (QED) is 0.588. The zero-order chi connectivity index (χ0) is 8.86. The van der Waals surface area contributed by atoms with Crippen molar-refractivity contribution in [3.05, 3.63) is 0 Å². The third-order valence-electron chi connectivity index (χ3n) is 3.33. The lowest BCUT2D eigenvalue weighted by atomic mass is 9.78. The van der Waals surface area contributed by atoms with Crippen LogP contribution in [0.2, 0.25) is 0 Å². The second-order valence-electron chi connectivity index (χ2n) is 3.96. The molecule has 12 heavy (non-hydrogen) atoms. The van der Waals surface area contributed by atoms with Gasteiger partial charge in [-0.15, -0.1) is 0 Å². The molecule has 1 aliphatic carbocycles. The van der Waals surface area contributed by atoms with Gasteiger partial charge >= 0.3 is 0 Å². The molecule has 0 aromatic rings. The summed E-state index contributed by atoms with van der Waals surface area (Å²) in [5.41, 5.74) is 0.811. The fraction of sp³-hybridized carbons (Fsp3) is 1.00. The van der Waals surface area contributed by atoms with Gasteiger partial charge in [-0.25, -0.2) is 0 Å². The van der Waals surface area contributed by atoms with Crippen LogP contribution in [0.1, 0.15) is 52.4 Å². The average molecular weight is 169 g/mol. The van der Waals surface area contributed by atoms with Crippen molar-refractivity contribution in [2.45, 2.75) is 52.4 Å². The Kier molecular flexibility index (Phi) is 4.07. The van der Waals surface area contributed by atoms with E-state index in [-0.39, 0.29) is 0 Å². The van der Waals surface area contributed by atoms with Gasteiger partial charge in [0.1, 0.15) is 0 Å². The minimum atomic E-state index is 0.811. The highest BCUT2D eigenvalue weighted by molar-refractivity contribution is 4.88. The van der Waals surface area contributed by atoms with E-state index >= 15 is 0 Å². The lowest BCUT2D eigenvalue weighted by Gasteiger charge is -2.33. The topological polar surface area (TPSA) is 12.0 Å². The molecule has 1 saturated carbocycles. The summed E-state index contributed by atoms with van der Waals surface area (Å²) in [5.74, 6) is 0. The SMILES string of the molecule is C1CCC2(C1)CCNCC2.CC. The molecule has 2 aliphatic rings. The lowest BCUT2D eigenvalue weighted by Crippen LogP contribution is -2.34. The molecule has 0 aromatic heterocycles. The van der Waals surface area contributed by atoms with Crippen LogP contribution in [-0.2, 0) is 0 Å². The third-order valence-corrected chi connectivity index (χ3v) is 3.33. The van der Waals surface area contributed by atoms with Crippen molar-refractivity contribution in [2.24, 2.45) is 5.41 Å². The van der Waals surface area contributed by atoms with E-state index < -0.39 is 0 Å². The molecule has 0 amide bonds. The second kappa shape index (κ2) is 4.86. The minimum Gasteiger partial charge on any atom is -0.317 e. The molecular weight excluding hydrogens is 146 g/mol. The van der Waals surface area contributed by atoms with E-state index in [2.05, 4.69) is 5.32 Å². The Morgan fingerprint density at radius 2 is 1.33 bits per heavy atom. The molecule has 1 aliphatic heterocycles. The van der Waals surface area contributed by atoms with Gasteiger partial charge in [-0.05, 0) is 44.2 Å². The standard InChI is InChI=1S/C9H17N.C2H6/c1-2-4-9(3-1)5-7-10-8-6-9;1-2/h10H,1-8H2;1-2H3. The van der Waals surface area contributed by atoms with Crippen molar-refractivity contribution in [3.63, 3.8) is 0 Å². The maximum atomic E-state index is 3.44. The van der Waals surface area contributed by atoms with Crippen molar-refractivity contribution in [1.29, 1.82) is 0 Å². The Balaban J connectivity index is 0.000000336. The molecule has 1 heterocycles. The Labute approximate surface area is 76.9 Å². The minimum absolute atomic E-state index is 0.811. The maximum absolute atomic E-state index is 3.44. The summed E-state index contributed by atoms with van der Waals surface area (Å²) >= 11 is 0. The van der Waals surface area contributed by atoms with Crippen LogP contribution >= 0.6 is 0 Å². The lowest BCUT2D eigenvalue weighted by molar-refractivity contribution is 0.210. The molecule has 1 spiro atoms.